The maximum atomic E-state index is 9.05. The molecule has 7 heavy (non-hydrogen) atoms. The zero-order valence-electron chi connectivity index (χ0n) is 4.64. The third-order valence-corrected chi connectivity index (χ3v) is 0.144. The summed E-state index contributed by atoms with van der Waals surface area (Å²) in [6.45, 7) is 1.76. The smallest absolute Gasteiger partial charge is 0.0319 e. The number of rotatable bonds is 1. The van der Waals surface area contributed by atoms with Gasteiger partial charge < -0.3 is 9.90 Å². The summed E-state index contributed by atoms with van der Waals surface area (Å²) >= 11 is 0. The predicted molar refractivity (Wildman–Crippen MR) is 24.1 cm³/mol. The first kappa shape index (κ1) is 15.6. The fourth-order valence-corrected chi connectivity index (χ4v) is 0. The Hall–Kier alpha value is 0.734. The zero-order valence-corrected chi connectivity index (χ0v) is 7.48. The van der Waals surface area contributed by atoms with E-state index in [1.165, 1.54) is 0 Å². The van der Waals surface area contributed by atoms with E-state index in [4.69, 9.17) is 9.90 Å². The minimum absolute atomic E-state index is 0. The van der Waals surface area contributed by atoms with Crippen molar-refractivity contribution < 1.29 is 42.6 Å². The second-order valence-corrected chi connectivity index (χ2v) is 0.498. The standard InChI is InChI=1S/C3H5O.CH4O.Y/c1-2-3-4;1-2;/h2H2,1H3;2H,1H3;/q-1;;. The Balaban J connectivity index is -0.0000000480. The molecule has 0 aromatic heterocycles. The van der Waals surface area contributed by atoms with Crippen molar-refractivity contribution in [2.75, 3.05) is 7.11 Å². The van der Waals surface area contributed by atoms with Gasteiger partial charge in [0.1, 0.15) is 0 Å². The molecule has 0 saturated carbocycles. The molecule has 0 aliphatic heterocycles. The van der Waals surface area contributed by atoms with Crippen LogP contribution < -0.4 is 0 Å². The van der Waals surface area contributed by atoms with Gasteiger partial charge in [-0.1, -0.05) is 6.92 Å². The molecule has 0 atom stereocenters. The molecule has 0 unspecified atom stereocenters. The van der Waals surface area contributed by atoms with Crippen LogP contribution in [0, 0.1) is 0 Å². The van der Waals surface area contributed by atoms with Crippen LogP contribution in [0.1, 0.15) is 13.3 Å². The first-order valence-electron chi connectivity index (χ1n) is 1.71. The van der Waals surface area contributed by atoms with Crippen LogP contribution in [0.25, 0.3) is 0 Å². The van der Waals surface area contributed by atoms with Crippen LogP contribution in [0.15, 0.2) is 0 Å². The summed E-state index contributed by atoms with van der Waals surface area (Å²) in [6, 6.07) is 0. The molecule has 1 N–H and O–H groups in total. The van der Waals surface area contributed by atoms with E-state index >= 15 is 0 Å². The number of carbonyl (C=O) groups excluding carboxylic acids is 1. The SMILES string of the molecule is CC[C-]=O.CO.[Y]. The summed E-state index contributed by atoms with van der Waals surface area (Å²) < 4.78 is 0. The molecule has 0 aliphatic carbocycles. The van der Waals surface area contributed by atoms with Gasteiger partial charge in [0.2, 0.25) is 0 Å². The topological polar surface area (TPSA) is 37.3 Å². The number of hydrogen-bond acceptors (Lipinski definition) is 2. The maximum absolute atomic E-state index is 9.05. The normalized spacial score (nSPS) is 4.43. The molecule has 1 radical (unpaired) electrons. The van der Waals surface area contributed by atoms with Crippen molar-refractivity contribution in [3.63, 3.8) is 0 Å². The molecule has 0 aliphatic rings. The van der Waals surface area contributed by atoms with Crippen LogP contribution >= 0.6 is 0 Å². The van der Waals surface area contributed by atoms with E-state index in [0.717, 1.165) is 7.11 Å². The van der Waals surface area contributed by atoms with Gasteiger partial charge in [-0.2, -0.15) is 6.42 Å². The Morgan fingerprint density at radius 1 is 1.57 bits per heavy atom. The Kier molecular flexibility index (Phi) is 66.2. The zero-order chi connectivity index (χ0) is 5.41. The van der Waals surface area contributed by atoms with Gasteiger partial charge in [-0.3, -0.25) is 6.29 Å². The Morgan fingerprint density at radius 2 is 1.71 bits per heavy atom. The third kappa shape index (κ3) is 50.2. The predicted octanol–water partition coefficient (Wildman–Crippen LogP) is 0.112. The van der Waals surface area contributed by atoms with Gasteiger partial charge in [-0.05, 0) is 0 Å². The van der Waals surface area contributed by atoms with E-state index in [-0.39, 0.29) is 32.7 Å². The molecule has 0 rings (SSSR count). The molecule has 41 valence electrons. The summed E-state index contributed by atoms with van der Waals surface area (Å²) in [5.74, 6) is 0. The van der Waals surface area contributed by atoms with Crippen LogP contribution in [-0.2, 0) is 37.5 Å². The number of aliphatic hydroxyl groups is 1. The maximum Gasteiger partial charge on any atom is 0.0319 e. The molecule has 0 amide bonds. The number of aliphatic hydroxyl groups excluding tert-OH is 1. The summed E-state index contributed by atoms with van der Waals surface area (Å²) in [5, 5.41) is 7.00. The molecule has 0 aromatic carbocycles. The van der Waals surface area contributed by atoms with Crippen LogP contribution in [-0.4, -0.2) is 18.5 Å². The van der Waals surface area contributed by atoms with Gasteiger partial charge in [-0.15, -0.1) is 0 Å². The molecule has 2 nitrogen and oxygen atoms in total. The first-order valence-corrected chi connectivity index (χ1v) is 1.71. The molecule has 0 spiro atoms. The molecular formula is C4H9O2Y-. The van der Waals surface area contributed by atoms with Crippen molar-refractivity contribution >= 4 is 6.29 Å². The second-order valence-electron chi connectivity index (χ2n) is 0.498. The van der Waals surface area contributed by atoms with Gasteiger partial charge in [0, 0.05) is 39.8 Å². The fraction of sp³-hybridized carbons (Fsp3) is 0.750. The minimum atomic E-state index is 0. The molecule has 0 aromatic rings. The van der Waals surface area contributed by atoms with E-state index in [9.17, 15) is 0 Å². The molecular weight excluding hydrogens is 169 g/mol. The summed E-state index contributed by atoms with van der Waals surface area (Å²) in [6.07, 6.45) is 2.19. The Morgan fingerprint density at radius 3 is 1.71 bits per heavy atom. The van der Waals surface area contributed by atoms with E-state index in [2.05, 4.69) is 0 Å². The van der Waals surface area contributed by atoms with Crippen LogP contribution in [0.2, 0.25) is 0 Å². The minimum Gasteiger partial charge on any atom is -0.542 e. The fourth-order valence-electron chi connectivity index (χ4n) is 0. The van der Waals surface area contributed by atoms with Crippen LogP contribution in [0.3, 0.4) is 0 Å². The Bertz CT molecular complexity index is 23.7. The second kappa shape index (κ2) is 29.6. The van der Waals surface area contributed by atoms with Crippen molar-refractivity contribution in [2.45, 2.75) is 13.3 Å². The van der Waals surface area contributed by atoms with E-state index in [0.29, 0.717) is 6.42 Å². The summed E-state index contributed by atoms with van der Waals surface area (Å²) in [7, 11) is 1.00. The van der Waals surface area contributed by atoms with Gasteiger partial charge >= 0.3 is 0 Å². The third-order valence-electron chi connectivity index (χ3n) is 0.144. The van der Waals surface area contributed by atoms with Crippen molar-refractivity contribution in [3.05, 3.63) is 0 Å². The van der Waals surface area contributed by atoms with Gasteiger partial charge in [0.15, 0.2) is 0 Å². The summed E-state index contributed by atoms with van der Waals surface area (Å²) in [5.41, 5.74) is 0. The molecule has 0 heterocycles. The average Bonchev–Trinajstić information content (AvgIpc) is 1.72. The monoisotopic (exact) mass is 178 g/mol. The van der Waals surface area contributed by atoms with E-state index in [1.54, 1.807) is 13.2 Å². The molecule has 0 bridgehead atoms. The van der Waals surface area contributed by atoms with Crippen LogP contribution in [0.4, 0.5) is 0 Å². The van der Waals surface area contributed by atoms with Crippen molar-refractivity contribution in [3.8, 4) is 0 Å². The van der Waals surface area contributed by atoms with Crippen molar-refractivity contribution in [2.24, 2.45) is 0 Å². The largest absolute Gasteiger partial charge is 0.542 e. The van der Waals surface area contributed by atoms with E-state index in [1.807, 2.05) is 0 Å². The summed E-state index contributed by atoms with van der Waals surface area (Å²) in [4.78, 5) is 9.05. The van der Waals surface area contributed by atoms with E-state index < -0.39 is 0 Å². The van der Waals surface area contributed by atoms with Gasteiger partial charge in [0.25, 0.3) is 0 Å². The Labute approximate surface area is 69.2 Å². The van der Waals surface area contributed by atoms with Crippen molar-refractivity contribution in [1.29, 1.82) is 0 Å². The van der Waals surface area contributed by atoms with Crippen molar-refractivity contribution in [1.82, 2.24) is 0 Å². The quantitative estimate of drug-likeness (QED) is 0.578. The molecule has 0 saturated heterocycles. The molecule has 0 fully saturated rings. The van der Waals surface area contributed by atoms with Crippen LogP contribution in [0.5, 0.6) is 0 Å². The number of hydrogen-bond donors (Lipinski definition) is 1. The van der Waals surface area contributed by atoms with Gasteiger partial charge in [-0.25, -0.2) is 0 Å². The molecule has 3 heteroatoms. The average molecular weight is 178 g/mol. The van der Waals surface area contributed by atoms with Gasteiger partial charge in [0.05, 0.1) is 0 Å². The first-order chi connectivity index (χ1) is 2.91.